The van der Waals surface area contributed by atoms with Gasteiger partial charge in [0.2, 0.25) is 15.9 Å². The number of piperidine rings is 1. The van der Waals surface area contributed by atoms with Gasteiger partial charge in [0.1, 0.15) is 0 Å². The monoisotopic (exact) mass is 436 g/mol. The molecule has 0 saturated carbocycles. The van der Waals surface area contributed by atoms with Gasteiger partial charge in [0.25, 0.3) is 0 Å². The summed E-state index contributed by atoms with van der Waals surface area (Å²) in [6, 6.07) is 7.60. The number of likely N-dealkylation sites (N-methyl/N-ethyl adjacent to an activating group) is 1. The van der Waals surface area contributed by atoms with Gasteiger partial charge >= 0.3 is 0 Å². The van der Waals surface area contributed by atoms with Crippen molar-refractivity contribution in [3.05, 3.63) is 35.4 Å². The quantitative estimate of drug-likeness (QED) is 0.622. The van der Waals surface area contributed by atoms with Gasteiger partial charge in [0.05, 0.1) is 5.75 Å². The Labute approximate surface area is 181 Å². The standard InChI is InChI=1S/C22H36N4O3S/c1-19-6-3-4-7-21(19)18-30(28,29)26-12-8-20(9-13-26)22(27)23-10-5-11-25-16-14-24(2)15-17-25/h3-4,6-7,20H,5,8-18H2,1-2H3,(H,23,27). The molecule has 1 amide bonds. The zero-order chi connectivity index (χ0) is 21.6. The molecular weight excluding hydrogens is 400 g/mol. The van der Waals surface area contributed by atoms with Crippen LogP contribution in [0.5, 0.6) is 0 Å². The molecule has 0 unspecified atom stereocenters. The Kier molecular flexibility index (Phi) is 8.27. The summed E-state index contributed by atoms with van der Waals surface area (Å²) in [4.78, 5) is 17.3. The predicted molar refractivity (Wildman–Crippen MR) is 120 cm³/mol. The van der Waals surface area contributed by atoms with Gasteiger partial charge in [0.15, 0.2) is 0 Å². The number of hydrogen-bond donors (Lipinski definition) is 1. The van der Waals surface area contributed by atoms with E-state index in [1.54, 1.807) is 4.31 Å². The molecule has 1 aromatic rings. The molecule has 3 rings (SSSR count). The molecule has 1 N–H and O–H groups in total. The Hall–Kier alpha value is -1.48. The number of aryl methyl sites for hydroxylation is 1. The van der Waals surface area contributed by atoms with Crippen molar-refractivity contribution < 1.29 is 13.2 Å². The lowest BCUT2D eigenvalue weighted by molar-refractivity contribution is -0.126. The fourth-order valence-corrected chi connectivity index (χ4v) is 5.85. The lowest BCUT2D eigenvalue weighted by atomic mass is 9.97. The van der Waals surface area contributed by atoms with E-state index in [-0.39, 0.29) is 17.6 Å². The second kappa shape index (κ2) is 10.7. The van der Waals surface area contributed by atoms with Crippen molar-refractivity contribution in [2.75, 3.05) is 59.4 Å². The van der Waals surface area contributed by atoms with Crippen LogP contribution in [-0.2, 0) is 20.6 Å². The first-order chi connectivity index (χ1) is 14.3. The molecule has 2 fully saturated rings. The van der Waals surface area contributed by atoms with E-state index in [1.807, 2.05) is 31.2 Å². The lowest BCUT2D eigenvalue weighted by Gasteiger charge is -2.32. The van der Waals surface area contributed by atoms with Crippen LogP contribution in [0.1, 0.15) is 30.4 Å². The molecule has 2 aliphatic heterocycles. The van der Waals surface area contributed by atoms with Crippen molar-refractivity contribution in [3.8, 4) is 0 Å². The van der Waals surface area contributed by atoms with E-state index in [9.17, 15) is 13.2 Å². The Balaban J connectivity index is 1.37. The predicted octanol–water partition coefficient (Wildman–Crippen LogP) is 1.29. The topological polar surface area (TPSA) is 73.0 Å². The third-order valence-electron chi connectivity index (χ3n) is 6.36. The number of nitrogens with zero attached hydrogens (tertiary/aromatic N) is 3. The van der Waals surface area contributed by atoms with E-state index in [0.717, 1.165) is 50.3 Å². The lowest BCUT2D eigenvalue weighted by Crippen LogP contribution is -2.45. The zero-order valence-electron chi connectivity index (χ0n) is 18.3. The molecular formula is C22H36N4O3S. The smallest absolute Gasteiger partial charge is 0.223 e. The number of carbonyl (C=O) groups excluding carboxylic acids is 1. The van der Waals surface area contributed by atoms with Crippen LogP contribution >= 0.6 is 0 Å². The second-order valence-electron chi connectivity index (χ2n) is 8.65. The molecule has 2 saturated heterocycles. The van der Waals surface area contributed by atoms with Gasteiger partial charge in [0, 0.05) is 51.7 Å². The minimum Gasteiger partial charge on any atom is -0.356 e. The number of carbonyl (C=O) groups is 1. The molecule has 0 aromatic heterocycles. The molecule has 1 aromatic carbocycles. The van der Waals surface area contributed by atoms with Gasteiger partial charge in [-0.3, -0.25) is 4.79 Å². The summed E-state index contributed by atoms with van der Waals surface area (Å²) >= 11 is 0. The summed E-state index contributed by atoms with van der Waals surface area (Å²) in [5.41, 5.74) is 1.84. The SMILES string of the molecule is Cc1ccccc1CS(=O)(=O)N1CCC(C(=O)NCCCN2CCN(C)CC2)CC1. The van der Waals surface area contributed by atoms with Crippen LogP contribution in [0, 0.1) is 12.8 Å². The first kappa shape index (κ1) is 23.2. The summed E-state index contributed by atoms with van der Waals surface area (Å²) in [5.74, 6) is 0.0194. The van der Waals surface area contributed by atoms with Gasteiger partial charge in [-0.1, -0.05) is 24.3 Å². The minimum absolute atomic E-state index is 0.0306. The Morgan fingerprint density at radius 3 is 2.40 bits per heavy atom. The number of piperazine rings is 1. The molecule has 0 aliphatic carbocycles. The van der Waals surface area contributed by atoms with Gasteiger partial charge < -0.3 is 15.1 Å². The average Bonchev–Trinajstić information content (AvgIpc) is 2.74. The summed E-state index contributed by atoms with van der Waals surface area (Å²) in [5, 5.41) is 3.06. The molecule has 7 nitrogen and oxygen atoms in total. The van der Waals surface area contributed by atoms with Gasteiger partial charge in [-0.25, -0.2) is 12.7 Å². The summed E-state index contributed by atoms with van der Waals surface area (Å²) in [6.45, 7) is 8.90. The van der Waals surface area contributed by atoms with E-state index in [4.69, 9.17) is 0 Å². The highest BCUT2D eigenvalue weighted by molar-refractivity contribution is 7.88. The maximum absolute atomic E-state index is 12.8. The van der Waals surface area contributed by atoms with E-state index in [1.165, 1.54) is 0 Å². The van der Waals surface area contributed by atoms with E-state index in [0.29, 0.717) is 32.5 Å². The number of amides is 1. The van der Waals surface area contributed by atoms with Crippen LogP contribution in [0.2, 0.25) is 0 Å². The van der Waals surface area contributed by atoms with Crippen LogP contribution in [-0.4, -0.2) is 87.8 Å². The number of benzene rings is 1. The molecule has 168 valence electrons. The van der Waals surface area contributed by atoms with Crippen LogP contribution in [0.15, 0.2) is 24.3 Å². The van der Waals surface area contributed by atoms with Crippen molar-refractivity contribution in [3.63, 3.8) is 0 Å². The number of hydrogen-bond acceptors (Lipinski definition) is 5. The van der Waals surface area contributed by atoms with E-state index in [2.05, 4.69) is 22.2 Å². The Morgan fingerprint density at radius 2 is 1.73 bits per heavy atom. The number of rotatable bonds is 8. The van der Waals surface area contributed by atoms with E-state index >= 15 is 0 Å². The molecule has 30 heavy (non-hydrogen) atoms. The first-order valence-electron chi connectivity index (χ1n) is 11.1. The summed E-state index contributed by atoms with van der Waals surface area (Å²) in [7, 11) is -1.20. The third kappa shape index (κ3) is 6.51. The van der Waals surface area contributed by atoms with Crippen molar-refractivity contribution in [2.24, 2.45) is 5.92 Å². The molecule has 8 heteroatoms. The van der Waals surface area contributed by atoms with Crippen LogP contribution in [0.4, 0.5) is 0 Å². The highest BCUT2D eigenvalue weighted by Crippen LogP contribution is 2.22. The maximum Gasteiger partial charge on any atom is 0.223 e. The molecule has 2 heterocycles. The van der Waals surface area contributed by atoms with E-state index < -0.39 is 10.0 Å². The number of nitrogens with one attached hydrogen (secondary N) is 1. The second-order valence-corrected chi connectivity index (χ2v) is 10.6. The van der Waals surface area contributed by atoms with Crippen molar-refractivity contribution in [1.29, 1.82) is 0 Å². The molecule has 0 atom stereocenters. The molecule has 2 aliphatic rings. The van der Waals surface area contributed by atoms with Crippen molar-refractivity contribution in [1.82, 2.24) is 19.4 Å². The van der Waals surface area contributed by atoms with Crippen LogP contribution in [0.3, 0.4) is 0 Å². The van der Waals surface area contributed by atoms with Crippen LogP contribution < -0.4 is 5.32 Å². The number of sulfonamides is 1. The minimum atomic E-state index is -3.35. The van der Waals surface area contributed by atoms with Gasteiger partial charge in [-0.2, -0.15) is 0 Å². The Bertz CT molecular complexity index is 798. The van der Waals surface area contributed by atoms with Crippen molar-refractivity contribution in [2.45, 2.75) is 31.9 Å². The average molecular weight is 437 g/mol. The first-order valence-corrected chi connectivity index (χ1v) is 12.7. The fraction of sp³-hybridized carbons (Fsp3) is 0.682. The third-order valence-corrected chi connectivity index (χ3v) is 8.19. The Morgan fingerprint density at radius 1 is 1.07 bits per heavy atom. The summed E-state index contributed by atoms with van der Waals surface area (Å²) in [6.07, 6.45) is 2.15. The molecule has 0 radical (unpaired) electrons. The van der Waals surface area contributed by atoms with Crippen molar-refractivity contribution >= 4 is 15.9 Å². The molecule has 0 bridgehead atoms. The highest BCUT2D eigenvalue weighted by atomic mass is 32.2. The van der Waals surface area contributed by atoms with Gasteiger partial charge in [-0.15, -0.1) is 0 Å². The molecule has 0 spiro atoms. The largest absolute Gasteiger partial charge is 0.356 e. The normalized spacial score (nSPS) is 20.3. The highest BCUT2D eigenvalue weighted by Gasteiger charge is 2.31. The summed E-state index contributed by atoms with van der Waals surface area (Å²) < 4.78 is 27.1. The maximum atomic E-state index is 12.8. The van der Waals surface area contributed by atoms with Crippen LogP contribution in [0.25, 0.3) is 0 Å². The van der Waals surface area contributed by atoms with Gasteiger partial charge in [-0.05, 0) is 50.9 Å². The fourth-order valence-electron chi connectivity index (χ4n) is 4.19. The zero-order valence-corrected chi connectivity index (χ0v) is 19.2.